The highest BCUT2D eigenvalue weighted by molar-refractivity contribution is 5.99. The fourth-order valence-corrected chi connectivity index (χ4v) is 4.68. The van der Waals surface area contributed by atoms with E-state index in [1.165, 1.54) is 18.2 Å². The predicted octanol–water partition coefficient (Wildman–Crippen LogP) is 2.94. The van der Waals surface area contributed by atoms with Gasteiger partial charge in [-0.25, -0.2) is 9.18 Å². The molecule has 7 heteroatoms. The molecule has 1 aliphatic carbocycles. The lowest BCUT2D eigenvalue weighted by Gasteiger charge is -2.58. The molecular weight excluding hydrogens is 373 g/mol. The summed E-state index contributed by atoms with van der Waals surface area (Å²) in [5.74, 6) is -0.287. The Bertz CT molecular complexity index is 977. The van der Waals surface area contributed by atoms with Crippen molar-refractivity contribution in [3.8, 4) is 0 Å². The van der Waals surface area contributed by atoms with Crippen molar-refractivity contribution < 1.29 is 19.1 Å². The maximum atomic E-state index is 13.5. The maximum absolute atomic E-state index is 13.5. The number of urea groups is 1. The first kappa shape index (κ1) is 18.1. The molecule has 2 fully saturated rings. The smallest absolute Gasteiger partial charge is 0.322 e. The van der Waals surface area contributed by atoms with Crippen LogP contribution in [0.4, 0.5) is 20.6 Å². The van der Waals surface area contributed by atoms with Gasteiger partial charge in [-0.05, 0) is 42.7 Å². The molecule has 0 radical (unpaired) electrons. The van der Waals surface area contributed by atoms with E-state index in [0.29, 0.717) is 12.2 Å². The number of anilines is 2. The second-order valence-electron chi connectivity index (χ2n) is 7.97. The summed E-state index contributed by atoms with van der Waals surface area (Å²) in [7, 11) is 0. The van der Waals surface area contributed by atoms with Crippen molar-refractivity contribution in [1.29, 1.82) is 0 Å². The van der Waals surface area contributed by atoms with Crippen LogP contribution in [0.5, 0.6) is 0 Å². The lowest BCUT2D eigenvalue weighted by molar-refractivity contribution is -0.120. The number of amides is 3. The number of carbonyl (C=O) groups is 2. The molecular formula is C22H22FN3O3. The summed E-state index contributed by atoms with van der Waals surface area (Å²) in [5.41, 5.74) is 2.23. The van der Waals surface area contributed by atoms with E-state index in [2.05, 4.69) is 5.32 Å². The number of para-hydroxylation sites is 1. The van der Waals surface area contributed by atoms with Crippen LogP contribution >= 0.6 is 0 Å². The van der Waals surface area contributed by atoms with Gasteiger partial charge in [0.1, 0.15) is 5.82 Å². The summed E-state index contributed by atoms with van der Waals surface area (Å²) >= 11 is 0. The zero-order valence-corrected chi connectivity index (χ0v) is 15.8. The lowest BCUT2D eigenvalue weighted by Crippen LogP contribution is -2.71. The summed E-state index contributed by atoms with van der Waals surface area (Å²) in [6.45, 7) is 0.229. The molecule has 29 heavy (non-hydrogen) atoms. The molecule has 1 saturated carbocycles. The molecule has 3 atom stereocenters. The molecule has 3 amide bonds. The minimum absolute atomic E-state index is 0.0299. The maximum Gasteiger partial charge on any atom is 0.322 e. The fraction of sp³-hybridized carbons (Fsp3) is 0.364. The number of nitrogens with zero attached hydrogens (tertiary/aromatic N) is 2. The van der Waals surface area contributed by atoms with Crippen molar-refractivity contribution in [2.75, 3.05) is 23.4 Å². The molecule has 0 bridgehead atoms. The standard InChI is InChI=1S/C22H22FN3O3/c23-14-4-3-5-15(10-14)24-22(29)26-18-11-25(21(28)13-8-9-13)17-7-2-1-6-16(17)20(18)19(26)12-27/h1-7,10,13,18-20,27H,8-9,11-12H2,(H,24,29)/t18-,19-,20+/m1/s1. The molecule has 2 aliphatic heterocycles. The van der Waals surface area contributed by atoms with Crippen molar-refractivity contribution in [3.63, 3.8) is 0 Å². The Morgan fingerprint density at radius 3 is 2.66 bits per heavy atom. The Labute approximate surface area is 167 Å². The summed E-state index contributed by atoms with van der Waals surface area (Å²) in [5, 5.41) is 12.7. The minimum Gasteiger partial charge on any atom is -0.394 e. The third kappa shape index (κ3) is 2.97. The average Bonchev–Trinajstić information content (AvgIpc) is 3.53. The van der Waals surface area contributed by atoms with Gasteiger partial charge in [0.15, 0.2) is 0 Å². The van der Waals surface area contributed by atoms with Crippen LogP contribution in [0.2, 0.25) is 0 Å². The number of likely N-dealkylation sites (tertiary alicyclic amines) is 1. The van der Waals surface area contributed by atoms with Gasteiger partial charge in [-0.1, -0.05) is 24.3 Å². The Morgan fingerprint density at radius 1 is 1.14 bits per heavy atom. The number of rotatable bonds is 3. The lowest BCUT2D eigenvalue weighted by atomic mass is 9.72. The van der Waals surface area contributed by atoms with Gasteiger partial charge in [0.2, 0.25) is 5.91 Å². The Morgan fingerprint density at radius 2 is 1.93 bits per heavy atom. The second kappa shape index (κ2) is 6.84. The third-order valence-electron chi connectivity index (χ3n) is 6.19. The molecule has 0 unspecified atom stereocenters. The molecule has 0 aromatic heterocycles. The van der Waals surface area contributed by atoms with E-state index < -0.39 is 11.8 Å². The first-order chi connectivity index (χ1) is 14.1. The van der Waals surface area contributed by atoms with E-state index in [1.54, 1.807) is 15.9 Å². The summed E-state index contributed by atoms with van der Waals surface area (Å²) in [4.78, 5) is 29.2. The Kier molecular flexibility index (Phi) is 4.28. The van der Waals surface area contributed by atoms with Crippen LogP contribution in [0.3, 0.4) is 0 Å². The van der Waals surface area contributed by atoms with Crippen molar-refractivity contribution in [2.45, 2.75) is 30.8 Å². The average molecular weight is 395 g/mol. The van der Waals surface area contributed by atoms with Crippen LogP contribution in [0.15, 0.2) is 48.5 Å². The van der Waals surface area contributed by atoms with Gasteiger partial charge < -0.3 is 20.2 Å². The number of aliphatic hydroxyl groups excluding tert-OH is 1. The van der Waals surface area contributed by atoms with Crippen LogP contribution in [0.1, 0.15) is 24.3 Å². The quantitative estimate of drug-likeness (QED) is 0.839. The first-order valence-electron chi connectivity index (χ1n) is 9.94. The van der Waals surface area contributed by atoms with Crippen molar-refractivity contribution in [2.24, 2.45) is 5.92 Å². The third-order valence-corrected chi connectivity index (χ3v) is 6.19. The molecule has 2 aromatic rings. The normalized spacial score (nSPS) is 25.0. The zero-order valence-electron chi connectivity index (χ0n) is 15.8. The highest BCUT2D eigenvalue weighted by Gasteiger charge is 2.56. The van der Waals surface area contributed by atoms with Crippen LogP contribution < -0.4 is 10.2 Å². The van der Waals surface area contributed by atoms with Crippen LogP contribution in [0.25, 0.3) is 0 Å². The van der Waals surface area contributed by atoms with Gasteiger partial charge in [-0.15, -0.1) is 0 Å². The Balaban J connectivity index is 1.44. The fourth-order valence-electron chi connectivity index (χ4n) is 4.68. The second-order valence-corrected chi connectivity index (χ2v) is 7.97. The zero-order chi connectivity index (χ0) is 20.1. The molecule has 5 rings (SSSR count). The molecule has 6 nitrogen and oxygen atoms in total. The van der Waals surface area contributed by atoms with Gasteiger partial charge in [0, 0.05) is 29.8 Å². The molecule has 2 aromatic carbocycles. The molecule has 2 N–H and O–H groups in total. The number of hydrogen-bond acceptors (Lipinski definition) is 3. The first-order valence-corrected chi connectivity index (χ1v) is 9.94. The molecule has 3 aliphatic rings. The number of hydrogen-bond donors (Lipinski definition) is 2. The number of halogens is 1. The van der Waals surface area contributed by atoms with Gasteiger partial charge in [0.05, 0.1) is 18.7 Å². The highest BCUT2D eigenvalue weighted by atomic mass is 19.1. The number of nitrogens with one attached hydrogen (secondary N) is 1. The summed E-state index contributed by atoms with van der Waals surface area (Å²) < 4.78 is 13.5. The van der Waals surface area contributed by atoms with Crippen LogP contribution in [-0.4, -0.2) is 47.2 Å². The van der Waals surface area contributed by atoms with E-state index >= 15 is 0 Å². The number of aliphatic hydroxyl groups is 1. The summed E-state index contributed by atoms with van der Waals surface area (Å²) in [6, 6.07) is 12.5. The monoisotopic (exact) mass is 395 g/mol. The van der Waals surface area contributed by atoms with Crippen LogP contribution in [-0.2, 0) is 4.79 Å². The highest BCUT2D eigenvalue weighted by Crippen LogP contribution is 2.49. The Hall–Kier alpha value is -2.93. The number of fused-ring (bicyclic) bond motifs is 3. The van der Waals surface area contributed by atoms with E-state index in [0.717, 1.165) is 24.1 Å². The minimum atomic E-state index is -0.434. The van der Waals surface area contributed by atoms with Gasteiger partial charge in [-0.3, -0.25) is 4.79 Å². The van der Waals surface area contributed by atoms with E-state index in [9.17, 15) is 19.1 Å². The van der Waals surface area contributed by atoms with E-state index in [1.807, 2.05) is 24.3 Å². The van der Waals surface area contributed by atoms with E-state index in [-0.39, 0.29) is 36.4 Å². The molecule has 150 valence electrons. The SMILES string of the molecule is O=C(C1CC1)N1C[C@@H]2[C@H](c3ccccc31)[C@@H](CO)N2C(=O)Nc1cccc(F)c1. The van der Waals surface area contributed by atoms with Gasteiger partial charge in [-0.2, -0.15) is 0 Å². The van der Waals surface area contributed by atoms with Crippen molar-refractivity contribution in [3.05, 3.63) is 59.9 Å². The summed E-state index contributed by atoms with van der Waals surface area (Å²) in [6.07, 6.45) is 1.82. The number of benzene rings is 2. The largest absolute Gasteiger partial charge is 0.394 e. The topological polar surface area (TPSA) is 72.9 Å². The van der Waals surface area contributed by atoms with Crippen molar-refractivity contribution in [1.82, 2.24) is 4.90 Å². The molecule has 0 spiro atoms. The van der Waals surface area contributed by atoms with Gasteiger partial charge >= 0.3 is 6.03 Å². The predicted molar refractivity (Wildman–Crippen MR) is 106 cm³/mol. The van der Waals surface area contributed by atoms with Gasteiger partial charge in [0.25, 0.3) is 0 Å². The molecule has 1 saturated heterocycles. The molecule has 2 heterocycles. The van der Waals surface area contributed by atoms with E-state index in [4.69, 9.17) is 0 Å². The number of carbonyl (C=O) groups excluding carboxylic acids is 2. The van der Waals surface area contributed by atoms with Crippen LogP contribution in [0, 0.1) is 11.7 Å². The van der Waals surface area contributed by atoms with Crippen molar-refractivity contribution >= 4 is 23.3 Å².